The van der Waals surface area contributed by atoms with Crippen LogP contribution in [0.25, 0.3) is 0 Å². The number of hydrogen-bond acceptors (Lipinski definition) is 8. The predicted octanol–water partition coefficient (Wildman–Crippen LogP) is -0.525. The minimum atomic E-state index is 0.0256. The van der Waals surface area contributed by atoms with E-state index in [2.05, 4.69) is 25.2 Å². The highest BCUT2D eigenvalue weighted by molar-refractivity contribution is 5.42. The van der Waals surface area contributed by atoms with E-state index in [1.54, 1.807) is 0 Å². The van der Waals surface area contributed by atoms with Crippen molar-refractivity contribution in [2.24, 2.45) is 0 Å². The number of nitrogens with one attached hydrogen (secondary N) is 1. The summed E-state index contributed by atoms with van der Waals surface area (Å²) in [5.41, 5.74) is 5.69. The first-order chi connectivity index (χ1) is 9.29. The van der Waals surface area contributed by atoms with Crippen LogP contribution in [-0.4, -0.2) is 59.5 Å². The van der Waals surface area contributed by atoms with E-state index in [1.807, 2.05) is 0 Å². The molecule has 0 atom stereocenters. The van der Waals surface area contributed by atoms with Crippen LogP contribution >= 0.6 is 0 Å². The summed E-state index contributed by atoms with van der Waals surface area (Å²) in [5.74, 6) is 1.31. The molecular weight excluding hydrogens is 248 g/mol. The van der Waals surface area contributed by atoms with E-state index in [0.29, 0.717) is 31.7 Å². The zero-order valence-electron chi connectivity index (χ0n) is 10.9. The molecule has 2 heterocycles. The van der Waals surface area contributed by atoms with Gasteiger partial charge in [-0.1, -0.05) is 0 Å². The number of rotatable bonds is 7. The topological polar surface area (TPSA) is 109 Å². The predicted molar refractivity (Wildman–Crippen MR) is 72.1 cm³/mol. The number of aliphatic hydroxyl groups is 1. The molecule has 106 valence electrons. The van der Waals surface area contributed by atoms with Crippen molar-refractivity contribution in [2.45, 2.75) is 12.8 Å². The normalized spacial score (nSPS) is 14.9. The molecule has 19 heavy (non-hydrogen) atoms. The number of nitrogen functional groups attached to an aromatic ring is 1. The zero-order valence-corrected chi connectivity index (χ0v) is 10.9. The highest BCUT2D eigenvalue weighted by Gasteiger charge is 2.16. The second kappa shape index (κ2) is 7.05. The van der Waals surface area contributed by atoms with Crippen LogP contribution in [0, 0.1) is 0 Å². The Hall–Kier alpha value is -1.67. The van der Waals surface area contributed by atoms with Crippen molar-refractivity contribution in [3.05, 3.63) is 0 Å². The maximum absolute atomic E-state index is 8.58. The molecular formula is C11H20N6O2. The van der Waals surface area contributed by atoms with Gasteiger partial charge < -0.3 is 25.8 Å². The van der Waals surface area contributed by atoms with E-state index >= 15 is 0 Å². The summed E-state index contributed by atoms with van der Waals surface area (Å²) < 4.78 is 5.14. The fraction of sp³-hybridized carbons (Fsp3) is 0.727. The van der Waals surface area contributed by atoms with Crippen LogP contribution in [0.3, 0.4) is 0 Å². The van der Waals surface area contributed by atoms with Crippen LogP contribution < -0.4 is 16.0 Å². The van der Waals surface area contributed by atoms with Crippen molar-refractivity contribution in [1.82, 2.24) is 15.0 Å². The summed E-state index contributed by atoms with van der Waals surface area (Å²) in [6, 6.07) is 0. The van der Waals surface area contributed by atoms with Gasteiger partial charge in [0.25, 0.3) is 0 Å². The van der Waals surface area contributed by atoms with Gasteiger partial charge in [-0.05, 0) is 12.8 Å². The van der Waals surface area contributed by atoms with Crippen LogP contribution in [0.5, 0.6) is 0 Å². The van der Waals surface area contributed by atoms with Gasteiger partial charge in [0, 0.05) is 19.6 Å². The van der Waals surface area contributed by atoms with Gasteiger partial charge in [-0.15, -0.1) is 0 Å². The Kier molecular flexibility index (Phi) is 5.10. The summed E-state index contributed by atoms with van der Waals surface area (Å²) in [4.78, 5) is 14.6. The Morgan fingerprint density at radius 3 is 2.74 bits per heavy atom. The SMILES string of the molecule is Nc1nc(NCCOCCO)nc(N2CCCC2)n1. The van der Waals surface area contributed by atoms with Crippen LogP contribution in [0.1, 0.15) is 12.8 Å². The molecule has 1 aliphatic heterocycles. The molecule has 1 aromatic rings. The fourth-order valence-electron chi connectivity index (χ4n) is 1.92. The molecule has 0 bridgehead atoms. The maximum Gasteiger partial charge on any atom is 0.231 e. The number of aliphatic hydroxyl groups excluding tert-OH is 1. The van der Waals surface area contributed by atoms with E-state index < -0.39 is 0 Å². The molecule has 0 unspecified atom stereocenters. The highest BCUT2D eigenvalue weighted by atomic mass is 16.5. The van der Waals surface area contributed by atoms with Crippen LogP contribution in [0.4, 0.5) is 17.8 Å². The zero-order chi connectivity index (χ0) is 13.5. The summed E-state index contributed by atoms with van der Waals surface area (Å²) in [6.07, 6.45) is 2.31. The number of nitrogens with two attached hydrogens (primary N) is 1. The lowest BCUT2D eigenvalue weighted by Gasteiger charge is -2.16. The molecule has 1 aliphatic rings. The minimum absolute atomic E-state index is 0.0256. The minimum Gasteiger partial charge on any atom is -0.394 e. The lowest BCUT2D eigenvalue weighted by Crippen LogP contribution is -2.22. The lowest BCUT2D eigenvalue weighted by atomic mass is 10.4. The standard InChI is InChI=1S/C11H20N6O2/c12-9-14-10(13-3-7-19-8-6-18)16-11(15-9)17-4-1-2-5-17/h18H,1-8H2,(H3,12,13,14,15,16). The highest BCUT2D eigenvalue weighted by Crippen LogP contribution is 2.17. The molecule has 8 heteroatoms. The van der Waals surface area contributed by atoms with Crippen molar-refractivity contribution in [1.29, 1.82) is 0 Å². The number of hydrogen-bond donors (Lipinski definition) is 3. The molecule has 2 rings (SSSR count). The van der Waals surface area contributed by atoms with Crippen molar-refractivity contribution in [2.75, 3.05) is 55.4 Å². The average Bonchev–Trinajstić information content (AvgIpc) is 2.92. The van der Waals surface area contributed by atoms with Crippen LogP contribution in [-0.2, 0) is 4.74 Å². The third kappa shape index (κ3) is 4.18. The van der Waals surface area contributed by atoms with Crippen LogP contribution in [0.15, 0.2) is 0 Å². The Balaban J connectivity index is 1.89. The van der Waals surface area contributed by atoms with E-state index in [4.69, 9.17) is 15.6 Å². The summed E-state index contributed by atoms with van der Waals surface area (Å²) in [5, 5.41) is 11.6. The van der Waals surface area contributed by atoms with E-state index in [0.717, 1.165) is 25.9 Å². The number of anilines is 3. The third-order valence-corrected chi connectivity index (χ3v) is 2.79. The first kappa shape index (κ1) is 13.8. The van der Waals surface area contributed by atoms with Crippen molar-refractivity contribution >= 4 is 17.8 Å². The monoisotopic (exact) mass is 268 g/mol. The molecule has 1 saturated heterocycles. The lowest BCUT2D eigenvalue weighted by molar-refractivity contribution is 0.0991. The molecule has 0 saturated carbocycles. The Morgan fingerprint density at radius 2 is 2.00 bits per heavy atom. The molecule has 4 N–H and O–H groups in total. The van der Waals surface area contributed by atoms with E-state index in [9.17, 15) is 0 Å². The molecule has 0 aliphatic carbocycles. The Morgan fingerprint density at radius 1 is 1.21 bits per heavy atom. The second-order valence-corrected chi connectivity index (χ2v) is 4.27. The number of aromatic nitrogens is 3. The van der Waals surface area contributed by atoms with Gasteiger partial charge >= 0.3 is 0 Å². The van der Waals surface area contributed by atoms with Gasteiger partial charge in [0.1, 0.15) is 0 Å². The fourth-order valence-corrected chi connectivity index (χ4v) is 1.92. The molecule has 0 aromatic carbocycles. The molecule has 0 spiro atoms. The molecule has 1 fully saturated rings. The van der Waals surface area contributed by atoms with Gasteiger partial charge in [0.05, 0.1) is 19.8 Å². The number of nitrogens with zero attached hydrogens (tertiary/aromatic N) is 4. The van der Waals surface area contributed by atoms with E-state index in [1.165, 1.54) is 0 Å². The van der Waals surface area contributed by atoms with Crippen molar-refractivity contribution < 1.29 is 9.84 Å². The third-order valence-electron chi connectivity index (χ3n) is 2.79. The van der Waals surface area contributed by atoms with E-state index in [-0.39, 0.29) is 12.6 Å². The smallest absolute Gasteiger partial charge is 0.231 e. The summed E-state index contributed by atoms with van der Waals surface area (Å²) >= 11 is 0. The molecule has 1 aromatic heterocycles. The van der Waals surface area contributed by atoms with Crippen molar-refractivity contribution in [3.8, 4) is 0 Å². The van der Waals surface area contributed by atoms with Gasteiger partial charge in [0.15, 0.2) is 0 Å². The second-order valence-electron chi connectivity index (χ2n) is 4.27. The maximum atomic E-state index is 8.58. The molecule has 0 amide bonds. The van der Waals surface area contributed by atoms with Crippen LogP contribution in [0.2, 0.25) is 0 Å². The summed E-state index contributed by atoms with van der Waals surface area (Å²) in [7, 11) is 0. The first-order valence-electron chi connectivity index (χ1n) is 6.48. The number of ether oxygens (including phenoxy) is 1. The summed E-state index contributed by atoms with van der Waals surface area (Å²) in [6.45, 7) is 3.32. The van der Waals surface area contributed by atoms with Gasteiger partial charge in [-0.25, -0.2) is 0 Å². The quantitative estimate of drug-likeness (QED) is 0.566. The largest absolute Gasteiger partial charge is 0.394 e. The molecule has 0 radical (unpaired) electrons. The average molecular weight is 268 g/mol. The Bertz CT molecular complexity index is 397. The van der Waals surface area contributed by atoms with Gasteiger partial charge in [-0.3, -0.25) is 0 Å². The molecule has 8 nitrogen and oxygen atoms in total. The van der Waals surface area contributed by atoms with Gasteiger partial charge in [-0.2, -0.15) is 15.0 Å². The Labute approximate surface area is 112 Å². The van der Waals surface area contributed by atoms with Gasteiger partial charge in [0.2, 0.25) is 17.8 Å². The van der Waals surface area contributed by atoms with Crippen molar-refractivity contribution in [3.63, 3.8) is 0 Å². The first-order valence-corrected chi connectivity index (χ1v) is 6.48.